The van der Waals surface area contributed by atoms with Crippen molar-refractivity contribution in [3.63, 3.8) is 0 Å². The second-order valence-electron chi connectivity index (χ2n) is 4.25. The minimum absolute atomic E-state index is 0.442. The lowest BCUT2D eigenvalue weighted by molar-refractivity contribution is 0.0932. The topological polar surface area (TPSA) is 9.23 Å². The summed E-state index contributed by atoms with van der Waals surface area (Å²) in [4.78, 5) is 0. The number of hydrogen-bond acceptors (Lipinski definition) is 1. The number of hydrogen-bond donors (Lipinski definition) is 0. The van der Waals surface area contributed by atoms with Gasteiger partial charge in [-0.1, -0.05) is 36.8 Å². The molecule has 1 nitrogen and oxygen atoms in total. The van der Waals surface area contributed by atoms with Crippen molar-refractivity contribution in [2.24, 2.45) is 0 Å². The highest BCUT2D eigenvalue weighted by molar-refractivity contribution is 5.25. The molecule has 2 unspecified atom stereocenters. The average Bonchev–Trinajstić information content (AvgIpc) is 2.71. The Morgan fingerprint density at radius 3 is 2.57 bits per heavy atom. The van der Waals surface area contributed by atoms with Crippen LogP contribution in [0, 0.1) is 6.92 Å². The van der Waals surface area contributed by atoms with E-state index in [9.17, 15) is 0 Å². The minimum atomic E-state index is 0.442. The molecular formula is C13H18O. The third kappa shape index (κ3) is 1.98. The van der Waals surface area contributed by atoms with Crippen LogP contribution in [0.1, 0.15) is 36.8 Å². The van der Waals surface area contributed by atoms with Crippen LogP contribution in [-0.2, 0) is 4.74 Å². The van der Waals surface area contributed by atoms with E-state index in [2.05, 4.69) is 38.1 Å². The SMILES string of the molecule is Cc1ccc(C(C)C2CCCO2)cc1. The van der Waals surface area contributed by atoms with Gasteiger partial charge in [-0.05, 0) is 25.3 Å². The summed E-state index contributed by atoms with van der Waals surface area (Å²) in [5, 5.41) is 0. The quantitative estimate of drug-likeness (QED) is 0.695. The Hall–Kier alpha value is -0.820. The molecular weight excluding hydrogens is 172 g/mol. The molecule has 1 fully saturated rings. The molecule has 1 aromatic carbocycles. The molecule has 1 aliphatic rings. The van der Waals surface area contributed by atoms with Crippen molar-refractivity contribution in [3.05, 3.63) is 35.4 Å². The van der Waals surface area contributed by atoms with Crippen LogP contribution in [0.4, 0.5) is 0 Å². The Kier molecular flexibility index (Phi) is 2.87. The highest BCUT2D eigenvalue weighted by atomic mass is 16.5. The normalized spacial score (nSPS) is 23.7. The fraction of sp³-hybridized carbons (Fsp3) is 0.538. The standard InChI is InChI=1S/C13H18O/c1-10-5-7-12(8-6-10)11(2)13-4-3-9-14-13/h5-8,11,13H,3-4,9H2,1-2H3. The van der Waals surface area contributed by atoms with Crippen LogP contribution in [-0.4, -0.2) is 12.7 Å². The van der Waals surface area contributed by atoms with Crippen LogP contribution >= 0.6 is 0 Å². The van der Waals surface area contributed by atoms with E-state index in [4.69, 9.17) is 4.74 Å². The van der Waals surface area contributed by atoms with E-state index >= 15 is 0 Å². The van der Waals surface area contributed by atoms with E-state index in [1.807, 2.05) is 0 Å². The Balaban J connectivity index is 2.09. The molecule has 0 saturated carbocycles. The Labute approximate surface area is 86.1 Å². The van der Waals surface area contributed by atoms with Crippen LogP contribution in [0.25, 0.3) is 0 Å². The lowest BCUT2D eigenvalue weighted by Gasteiger charge is -2.18. The van der Waals surface area contributed by atoms with Gasteiger partial charge in [0.05, 0.1) is 6.10 Å². The molecule has 2 rings (SSSR count). The predicted octanol–water partition coefficient (Wildman–Crippen LogP) is 3.28. The zero-order valence-electron chi connectivity index (χ0n) is 8.99. The first-order valence-corrected chi connectivity index (χ1v) is 5.45. The predicted molar refractivity (Wildman–Crippen MR) is 58.6 cm³/mol. The lowest BCUT2D eigenvalue weighted by atomic mass is 9.93. The Morgan fingerprint density at radius 1 is 1.29 bits per heavy atom. The molecule has 1 aliphatic heterocycles. The van der Waals surface area contributed by atoms with Gasteiger partial charge in [-0.2, -0.15) is 0 Å². The monoisotopic (exact) mass is 190 g/mol. The van der Waals surface area contributed by atoms with Crippen molar-refractivity contribution < 1.29 is 4.74 Å². The first-order chi connectivity index (χ1) is 6.77. The maximum absolute atomic E-state index is 5.70. The van der Waals surface area contributed by atoms with Crippen LogP contribution in [0.5, 0.6) is 0 Å². The number of benzene rings is 1. The molecule has 0 aromatic heterocycles. The van der Waals surface area contributed by atoms with Crippen molar-refractivity contribution in [2.45, 2.75) is 38.7 Å². The molecule has 0 aliphatic carbocycles. The second-order valence-corrected chi connectivity index (χ2v) is 4.25. The van der Waals surface area contributed by atoms with E-state index in [0.29, 0.717) is 12.0 Å². The van der Waals surface area contributed by atoms with Crippen LogP contribution in [0.2, 0.25) is 0 Å². The molecule has 2 atom stereocenters. The zero-order chi connectivity index (χ0) is 9.97. The molecule has 0 radical (unpaired) electrons. The molecule has 14 heavy (non-hydrogen) atoms. The molecule has 76 valence electrons. The van der Waals surface area contributed by atoms with Gasteiger partial charge in [0.25, 0.3) is 0 Å². The summed E-state index contributed by atoms with van der Waals surface area (Å²) in [6, 6.07) is 8.81. The van der Waals surface area contributed by atoms with Crippen molar-refractivity contribution >= 4 is 0 Å². The fourth-order valence-corrected chi connectivity index (χ4v) is 2.08. The first kappa shape index (κ1) is 9.72. The van der Waals surface area contributed by atoms with Gasteiger partial charge in [0, 0.05) is 12.5 Å². The third-order valence-electron chi connectivity index (χ3n) is 3.13. The number of ether oxygens (including phenoxy) is 1. The van der Waals surface area contributed by atoms with E-state index < -0.39 is 0 Å². The van der Waals surface area contributed by atoms with Gasteiger partial charge in [-0.3, -0.25) is 0 Å². The molecule has 1 heterocycles. The van der Waals surface area contributed by atoms with Gasteiger partial charge in [-0.25, -0.2) is 0 Å². The Morgan fingerprint density at radius 2 is 2.00 bits per heavy atom. The van der Waals surface area contributed by atoms with Crippen molar-refractivity contribution in [3.8, 4) is 0 Å². The maximum atomic E-state index is 5.70. The Bertz CT molecular complexity index is 283. The molecule has 0 spiro atoms. The zero-order valence-corrected chi connectivity index (χ0v) is 8.99. The second kappa shape index (κ2) is 4.14. The molecule has 1 heteroatoms. The third-order valence-corrected chi connectivity index (χ3v) is 3.13. The van der Waals surface area contributed by atoms with Crippen molar-refractivity contribution in [1.82, 2.24) is 0 Å². The highest BCUT2D eigenvalue weighted by Crippen LogP contribution is 2.28. The van der Waals surface area contributed by atoms with Gasteiger partial charge in [0.1, 0.15) is 0 Å². The summed E-state index contributed by atoms with van der Waals surface area (Å²) >= 11 is 0. The van der Waals surface area contributed by atoms with Gasteiger partial charge >= 0.3 is 0 Å². The van der Waals surface area contributed by atoms with E-state index in [0.717, 1.165) is 6.61 Å². The summed E-state index contributed by atoms with van der Waals surface area (Å²) < 4.78 is 5.70. The summed E-state index contributed by atoms with van der Waals surface area (Å²) in [6.45, 7) is 5.34. The molecule has 0 amide bonds. The van der Waals surface area contributed by atoms with E-state index in [1.165, 1.54) is 24.0 Å². The van der Waals surface area contributed by atoms with Crippen molar-refractivity contribution in [2.75, 3.05) is 6.61 Å². The lowest BCUT2D eigenvalue weighted by Crippen LogP contribution is -2.14. The molecule has 0 N–H and O–H groups in total. The number of aryl methyl sites for hydroxylation is 1. The number of rotatable bonds is 2. The summed E-state index contributed by atoms with van der Waals surface area (Å²) in [7, 11) is 0. The fourth-order valence-electron chi connectivity index (χ4n) is 2.08. The highest BCUT2D eigenvalue weighted by Gasteiger charge is 2.23. The van der Waals surface area contributed by atoms with E-state index in [1.54, 1.807) is 0 Å². The van der Waals surface area contributed by atoms with Crippen LogP contribution in [0.3, 0.4) is 0 Å². The van der Waals surface area contributed by atoms with Gasteiger partial charge < -0.3 is 4.74 Å². The smallest absolute Gasteiger partial charge is 0.0641 e. The van der Waals surface area contributed by atoms with Crippen LogP contribution < -0.4 is 0 Å². The summed E-state index contributed by atoms with van der Waals surface area (Å²) in [5.41, 5.74) is 2.73. The van der Waals surface area contributed by atoms with Crippen LogP contribution in [0.15, 0.2) is 24.3 Å². The van der Waals surface area contributed by atoms with Gasteiger partial charge in [0.2, 0.25) is 0 Å². The largest absolute Gasteiger partial charge is 0.378 e. The van der Waals surface area contributed by atoms with E-state index in [-0.39, 0.29) is 0 Å². The summed E-state index contributed by atoms with van der Waals surface area (Å²) in [5.74, 6) is 0.540. The first-order valence-electron chi connectivity index (χ1n) is 5.45. The van der Waals surface area contributed by atoms with Crippen molar-refractivity contribution in [1.29, 1.82) is 0 Å². The van der Waals surface area contributed by atoms with Gasteiger partial charge in [-0.15, -0.1) is 0 Å². The maximum Gasteiger partial charge on any atom is 0.0641 e. The average molecular weight is 190 g/mol. The molecule has 0 bridgehead atoms. The molecule has 1 aromatic rings. The molecule has 1 saturated heterocycles. The minimum Gasteiger partial charge on any atom is -0.378 e. The van der Waals surface area contributed by atoms with Gasteiger partial charge in [0.15, 0.2) is 0 Å². The summed E-state index contributed by atoms with van der Waals surface area (Å²) in [6.07, 6.45) is 2.88.